The Kier molecular flexibility index (Phi) is 10.0. The van der Waals surface area contributed by atoms with Crippen LogP contribution in [0.1, 0.15) is 63.5 Å². The summed E-state index contributed by atoms with van der Waals surface area (Å²) in [7, 11) is 0. The van der Waals surface area contributed by atoms with Crippen molar-refractivity contribution in [2.75, 3.05) is 37.7 Å². The van der Waals surface area contributed by atoms with Crippen molar-refractivity contribution in [3.05, 3.63) is 82.5 Å². The van der Waals surface area contributed by atoms with Gasteiger partial charge < -0.3 is 19.6 Å². The Hall–Kier alpha value is -5.38. The van der Waals surface area contributed by atoms with E-state index in [1.165, 1.54) is 30.5 Å². The van der Waals surface area contributed by atoms with Crippen molar-refractivity contribution in [2.24, 2.45) is 0 Å². The number of nitrogens with zero attached hydrogens (tertiary/aromatic N) is 6. The maximum atomic E-state index is 17.1. The van der Waals surface area contributed by atoms with Gasteiger partial charge in [-0.1, -0.05) is 49.6 Å². The summed E-state index contributed by atoms with van der Waals surface area (Å²) in [6, 6.07) is 11.7. The number of piperazine rings is 1. The predicted octanol–water partition coefficient (Wildman–Crippen LogP) is 7.74. The largest absolute Gasteiger partial charge is 0.508 e. The van der Waals surface area contributed by atoms with Gasteiger partial charge in [0.15, 0.2) is 5.82 Å². The van der Waals surface area contributed by atoms with Crippen LogP contribution in [0.2, 0.25) is 5.02 Å². The third-order valence-electron chi connectivity index (χ3n) is 11.7. The van der Waals surface area contributed by atoms with E-state index in [-0.39, 0.29) is 68.7 Å². The molecule has 0 radical (unpaired) electrons. The molecule has 288 valence electrons. The van der Waals surface area contributed by atoms with Crippen molar-refractivity contribution >= 4 is 50.7 Å². The first-order valence-electron chi connectivity index (χ1n) is 19.2. The summed E-state index contributed by atoms with van der Waals surface area (Å²) in [5.74, 6) is 0.844. The highest BCUT2D eigenvalue weighted by Gasteiger charge is 2.46. The molecule has 2 atom stereocenters. The lowest BCUT2D eigenvalue weighted by molar-refractivity contribution is -0.127. The minimum absolute atomic E-state index is 0.0215. The number of benzene rings is 3. The zero-order chi connectivity index (χ0) is 39.3. The number of rotatable bonds is 7. The van der Waals surface area contributed by atoms with E-state index in [4.69, 9.17) is 33.2 Å². The Morgan fingerprint density at radius 1 is 1.05 bits per heavy atom. The van der Waals surface area contributed by atoms with E-state index >= 15 is 4.39 Å². The average Bonchev–Trinajstić information content (AvgIpc) is 3.88. The number of terminal acetylenes is 1. The summed E-state index contributed by atoms with van der Waals surface area (Å²) in [5.41, 5.74) is 0.131. The lowest BCUT2D eigenvalue weighted by Crippen LogP contribution is -2.57. The van der Waals surface area contributed by atoms with E-state index in [1.807, 2.05) is 18.7 Å². The molecule has 13 heteroatoms. The molecule has 4 fully saturated rings. The van der Waals surface area contributed by atoms with E-state index in [2.05, 4.69) is 20.8 Å². The lowest BCUT2D eigenvalue weighted by Gasteiger charge is -2.42. The van der Waals surface area contributed by atoms with Gasteiger partial charge in [-0.3, -0.25) is 20.1 Å². The molecular formula is C43H42ClF2N7O3. The number of anilines is 1. The first-order chi connectivity index (χ1) is 27.1. The number of phenolic OH excluding ortho intramolecular Hbond substituents is 1. The molecule has 1 amide bonds. The fraction of sp³-hybridized carbons (Fsp3) is 0.372. The van der Waals surface area contributed by atoms with Gasteiger partial charge in [0.25, 0.3) is 5.91 Å². The SMILES string of the molecule is C#Cc1c(F)ccc2cc(O)cc(-c3ncc4c(N5CC6CCC(C5)N6C(=O)C(=N)c5ccc(Cl)cc5)nc(OCC56CCCN5CCC6)nc4c3F)c12.CC. The van der Waals surface area contributed by atoms with E-state index in [0.717, 1.165) is 51.6 Å². The van der Waals surface area contributed by atoms with Crippen molar-refractivity contribution in [2.45, 2.75) is 70.0 Å². The molecule has 2 N–H and O–H groups in total. The summed E-state index contributed by atoms with van der Waals surface area (Å²) in [6.45, 7) is 7.17. The van der Waals surface area contributed by atoms with Crippen LogP contribution >= 0.6 is 11.6 Å². The maximum Gasteiger partial charge on any atom is 0.319 e. The number of aromatic hydroxyl groups is 1. The van der Waals surface area contributed by atoms with E-state index in [9.17, 15) is 14.3 Å². The lowest BCUT2D eigenvalue weighted by atomic mass is 9.95. The topological polar surface area (TPSA) is 119 Å². The number of hydrogen-bond acceptors (Lipinski definition) is 9. The molecule has 10 nitrogen and oxygen atoms in total. The summed E-state index contributed by atoms with van der Waals surface area (Å²) in [4.78, 5) is 34.1. The number of halogens is 3. The van der Waals surface area contributed by atoms with Crippen molar-refractivity contribution in [1.29, 1.82) is 5.41 Å². The molecule has 4 aliphatic rings. The van der Waals surface area contributed by atoms with Gasteiger partial charge in [0.2, 0.25) is 0 Å². The van der Waals surface area contributed by atoms with Gasteiger partial charge in [0.05, 0.1) is 28.6 Å². The fourth-order valence-corrected chi connectivity index (χ4v) is 9.33. The molecule has 2 bridgehead atoms. The molecule has 0 aliphatic carbocycles. The van der Waals surface area contributed by atoms with Crippen LogP contribution in [0, 0.1) is 29.4 Å². The first-order valence-corrected chi connectivity index (χ1v) is 19.6. The molecule has 0 spiro atoms. The number of carbonyl (C=O) groups is 1. The Bertz CT molecular complexity index is 2400. The van der Waals surface area contributed by atoms with Crippen molar-refractivity contribution < 1.29 is 23.4 Å². The Labute approximate surface area is 329 Å². The van der Waals surface area contributed by atoms with Crippen LogP contribution in [0.15, 0.2) is 54.7 Å². The second kappa shape index (κ2) is 14.9. The summed E-state index contributed by atoms with van der Waals surface area (Å²) < 4.78 is 38.5. The van der Waals surface area contributed by atoms with Crippen LogP contribution in [-0.4, -0.2) is 91.9 Å². The van der Waals surface area contributed by atoms with E-state index < -0.39 is 11.6 Å². The molecule has 0 saturated carbocycles. The van der Waals surface area contributed by atoms with Gasteiger partial charge in [0, 0.05) is 40.8 Å². The normalized spacial score (nSPS) is 19.8. The highest BCUT2D eigenvalue weighted by atomic mass is 35.5. The van der Waals surface area contributed by atoms with Crippen molar-refractivity contribution in [3.63, 3.8) is 0 Å². The summed E-state index contributed by atoms with van der Waals surface area (Å²) >= 11 is 6.05. The predicted molar refractivity (Wildman–Crippen MR) is 214 cm³/mol. The Balaban J connectivity index is 0.00000217. The number of nitrogens with one attached hydrogen (secondary N) is 1. The number of aromatic nitrogens is 3. The molecule has 4 aliphatic heterocycles. The summed E-state index contributed by atoms with van der Waals surface area (Å²) in [6.07, 6.45) is 12.8. The standard InChI is InChI=1S/C41H36ClF2N7O3.C2H6/c1-2-29-32(43)12-7-24-17-28(52)18-30(33(24)29)36-34(44)37-31(19-46-36)38(48-40(47-37)54-22-41-13-3-15-50(41)16-4-14-41)49-20-26-10-11-27(21-49)51(26)39(53)35(45)23-5-8-25(42)9-6-23;1-2/h1,5-9,12,17-19,26-27,45,52H,3-4,10-11,13-16,20-22H2;1-2H3. The highest BCUT2D eigenvalue weighted by Crippen LogP contribution is 2.42. The zero-order valence-electron chi connectivity index (χ0n) is 31.3. The molecule has 56 heavy (non-hydrogen) atoms. The van der Waals surface area contributed by atoms with Gasteiger partial charge in [-0.25, -0.2) is 8.78 Å². The monoisotopic (exact) mass is 777 g/mol. The Morgan fingerprint density at radius 3 is 2.43 bits per heavy atom. The smallest absolute Gasteiger partial charge is 0.319 e. The van der Waals surface area contributed by atoms with Gasteiger partial charge in [-0.05, 0) is 87.3 Å². The maximum absolute atomic E-state index is 17.1. The molecule has 4 saturated heterocycles. The number of carbonyl (C=O) groups excluding carboxylic acids is 1. The number of pyridine rings is 1. The third-order valence-corrected chi connectivity index (χ3v) is 12.0. The number of ether oxygens (including phenoxy) is 1. The van der Waals surface area contributed by atoms with Gasteiger partial charge in [-0.2, -0.15) is 9.97 Å². The Morgan fingerprint density at radius 2 is 1.75 bits per heavy atom. The second-order valence-electron chi connectivity index (χ2n) is 14.8. The molecule has 2 unspecified atom stereocenters. The second-order valence-corrected chi connectivity index (χ2v) is 15.2. The van der Waals surface area contributed by atoms with E-state index in [0.29, 0.717) is 46.9 Å². The van der Waals surface area contributed by atoms with Crippen LogP contribution < -0.4 is 9.64 Å². The number of phenols is 1. The van der Waals surface area contributed by atoms with Crippen LogP contribution in [0.25, 0.3) is 32.9 Å². The van der Waals surface area contributed by atoms with Crippen molar-refractivity contribution in [3.8, 4) is 35.4 Å². The van der Waals surface area contributed by atoms with Crippen LogP contribution in [0.5, 0.6) is 11.8 Å². The van der Waals surface area contributed by atoms with Gasteiger partial charge in [0.1, 0.15) is 40.9 Å². The fourth-order valence-electron chi connectivity index (χ4n) is 9.20. The number of fused-ring (bicyclic) bond motifs is 5. The third kappa shape index (κ3) is 6.36. The number of amides is 1. The molecule has 3 aromatic carbocycles. The quantitative estimate of drug-likeness (QED) is 0.127. The van der Waals surface area contributed by atoms with Crippen LogP contribution in [0.3, 0.4) is 0 Å². The van der Waals surface area contributed by atoms with Gasteiger partial charge >= 0.3 is 6.01 Å². The number of hydrogen-bond donors (Lipinski definition) is 2. The molecule has 6 heterocycles. The van der Waals surface area contributed by atoms with Crippen molar-refractivity contribution in [1.82, 2.24) is 24.8 Å². The minimum Gasteiger partial charge on any atom is -0.508 e. The van der Waals surface area contributed by atoms with Gasteiger partial charge in [-0.15, -0.1) is 6.42 Å². The molecule has 9 rings (SSSR count). The van der Waals surface area contributed by atoms with E-state index in [1.54, 1.807) is 29.2 Å². The average molecular weight is 778 g/mol. The molecular weight excluding hydrogens is 736 g/mol. The zero-order valence-corrected chi connectivity index (χ0v) is 32.0. The van der Waals surface area contributed by atoms with Crippen LogP contribution in [-0.2, 0) is 4.79 Å². The highest BCUT2D eigenvalue weighted by molar-refractivity contribution is 6.44. The molecule has 5 aromatic rings. The van der Waals surface area contributed by atoms with Crippen LogP contribution in [0.4, 0.5) is 14.6 Å². The molecule has 2 aromatic heterocycles. The first kappa shape index (κ1) is 37.5. The summed E-state index contributed by atoms with van der Waals surface area (Å²) in [5, 5.41) is 20.9. The minimum atomic E-state index is -0.796.